The average molecular weight is 588 g/mol. The van der Waals surface area contributed by atoms with Crippen LogP contribution in [0.2, 0.25) is 5.02 Å². The molecule has 0 fully saturated rings. The molecule has 4 aromatic heterocycles. The standard InChI is InChI=1S/C31H27ClFN5O4/c1-40-31(39)21-6-8-29-35-27(28(38(29)15-21)14-24-18-41-19-34-24)16-37-11-9-20(10-12-37)26-3-2-4-30(36-26)42-17-22-5-7-23(32)13-25(22)33/h2-9,13,15,18-19H,10-12,14,16-17H2,1H3. The number of methoxy groups -OCH3 is 1. The van der Waals surface area contributed by atoms with Crippen LogP contribution in [-0.4, -0.2) is 50.4 Å². The normalized spacial score (nSPS) is 13.7. The zero-order valence-corrected chi connectivity index (χ0v) is 23.6. The Bertz CT molecular complexity index is 1770. The number of aromatic nitrogens is 4. The quantitative estimate of drug-likeness (QED) is 0.201. The van der Waals surface area contributed by atoms with Crippen molar-refractivity contribution in [2.45, 2.75) is 26.0 Å². The molecular weight excluding hydrogens is 561 g/mol. The van der Waals surface area contributed by atoms with Crippen LogP contribution in [0.15, 0.2) is 77.9 Å². The molecule has 1 aliphatic heterocycles. The van der Waals surface area contributed by atoms with E-state index in [1.54, 1.807) is 36.7 Å². The molecule has 1 aromatic carbocycles. The molecule has 0 saturated heterocycles. The fourth-order valence-corrected chi connectivity index (χ4v) is 5.11. The van der Waals surface area contributed by atoms with Gasteiger partial charge in [-0.2, -0.15) is 0 Å². The van der Waals surface area contributed by atoms with E-state index in [0.717, 1.165) is 47.0 Å². The van der Waals surface area contributed by atoms with Gasteiger partial charge >= 0.3 is 5.97 Å². The maximum absolute atomic E-state index is 14.1. The van der Waals surface area contributed by atoms with Gasteiger partial charge in [0.25, 0.3) is 0 Å². The summed E-state index contributed by atoms with van der Waals surface area (Å²) >= 11 is 5.84. The summed E-state index contributed by atoms with van der Waals surface area (Å²) in [5, 5.41) is 0.342. The van der Waals surface area contributed by atoms with E-state index in [1.165, 1.54) is 19.6 Å². The lowest BCUT2D eigenvalue weighted by Gasteiger charge is -2.26. The predicted octanol–water partition coefficient (Wildman–Crippen LogP) is 5.76. The van der Waals surface area contributed by atoms with E-state index in [1.807, 2.05) is 22.6 Å². The molecule has 0 aliphatic carbocycles. The lowest BCUT2D eigenvalue weighted by atomic mass is 10.0. The molecule has 9 nitrogen and oxygen atoms in total. The fraction of sp³-hybridized carbons (Fsp3) is 0.226. The number of nitrogens with zero attached hydrogens (tertiary/aromatic N) is 5. The second-order valence-electron chi connectivity index (χ2n) is 9.90. The van der Waals surface area contributed by atoms with Crippen molar-refractivity contribution in [1.29, 1.82) is 0 Å². The van der Waals surface area contributed by atoms with E-state index >= 15 is 0 Å². The highest BCUT2D eigenvalue weighted by Crippen LogP contribution is 2.26. The Hall–Kier alpha value is -4.54. The van der Waals surface area contributed by atoms with Gasteiger partial charge in [-0.3, -0.25) is 4.90 Å². The van der Waals surface area contributed by atoms with Crippen LogP contribution in [0, 0.1) is 5.82 Å². The highest BCUT2D eigenvalue weighted by atomic mass is 35.5. The first kappa shape index (κ1) is 27.6. The van der Waals surface area contributed by atoms with Crippen molar-refractivity contribution in [2.24, 2.45) is 0 Å². The predicted molar refractivity (Wildman–Crippen MR) is 154 cm³/mol. The van der Waals surface area contributed by atoms with Crippen LogP contribution >= 0.6 is 11.6 Å². The first-order valence-corrected chi connectivity index (χ1v) is 13.8. The van der Waals surface area contributed by atoms with Crippen molar-refractivity contribution in [1.82, 2.24) is 24.3 Å². The molecule has 42 heavy (non-hydrogen) atoms. The fourth-order valence-electron chi connectivity index (χ4n) is 4.95. The number of hydrogen-bond acceptors (Lipinski definition) is 8. The zero-order valence-electron chi connectivity index (χ0n) is 22.8. The van der Waals surface area contributed by atoms with Crippen LogP contribution < -0.4 is 4.74 Å². The Labute approximate surface area is 246 Å². The SMILES string of the molecule is COC(=O)c1ccc2nc(CN3CC=C(c4cccc(OCc5ccc(Cl)cc5F)n4)CC3)c(Cc3cocn3)n2c1. The van der Waals surface area contributed by atoms with E-state index in [-0.39, 0.29) is 6.61 Å². The number of carbonyl (C=O) groups excluding carboxylic acids is 1. The summed E-state index contributed by atoms with van der Waals surface area (Å²) in [7, 11) is 1.36. The molecule has 0 saturated carbocycles. The molecule has 0 unspecified atom stereocenters. The number of hydrogen-bond donors (Lipinski definition) is 0. The number of pyridine rings is 2. The topological polar surface area (TPSA) is 95.0 Å². The number of benzene rings is 1. The van der Waals surface area contributed by atoms with E-state index in [4.69, 9.17) is 30.5 Å². The van der Waals surface area contributed by atoms with Gasteiger partial charge in [0.15, 0.2) is 6.39 Å². The Morgan fingerprint density at radius 2 is 2.07 bits per heavy atom. The lowest BCUT2D eigenvalue weighted by molar-refractivity contribution is 0.0600. The lowest BCUT2D eigenvalue weighted by Crippen LogP contribution is -2.28. The highest BCUT2D eigenvalue weighted by molar-refractivity contribution is 6.30. The van der Waals surface area contributed by atoms with Crippen molar-refractivity contribution in [3.8, 4) is 5.88 Å². The average Bonchev–Trinajstić information content (AvgIpc) is 3.64. The van der Waals surface area contributed by atoms with Crippen LogP contribution in [0.5, 0.6) is 5.88 Å². The number of carbonyl (C=O) groups is 1. The molecule has 6 rings (SSSR count). The molecule has 0 spiro atoms. The second kappa shape index (κ2) is 12.1. The molecule has 0 radical (unpaired) electrons. The first-order valence-electron chi connectivity index (χ1n) is 13.4. The minimum absolute atomic E-state index is 0.0586. The third-order valence-electron chi connectivity index (χ3n) is 7.16. The van der Waals surface area contributed by atoms with Gasteiger partial charge in [0, 0.05) is 48.9 Å². The second-order valence-corrected chi connectivity index (χ2v) is 10.3. The first-order chi connectivity index (χ1) is 20.5. The Morgan fingerprint density at radius 3 is 2.83 bits per heavy atom. The highest BCUT2D eigenvalue weighted by Gasteiger charge is 2.21. The maximum atomic E-state index is 14.1. The Balaban J connectivity index is 1.17. The number of rotatable bonds is 9. The van der Waals surface area contributed by atoms with Crippen molar-refractivity contribution in [2.75, 3.05) is 20.2 Å². The van der Waals surface area contributed by atoms with Crippen LogP contribution in [0.25, 0.3) is 11.2 Å². The molecule has 0 atom stereocenters. The van der Waals surface area contributed by atoms with Gasteiger partial charge in [0.1, 0.15) is 24.3 Å². The van der Waals surface area contributed by atoms with Gasteiger partial charge in [0.2, 0.25) is 5.88 Å². The van der Waals surface area contributed by atoms with Gasteiger partial charge in [0.05, 0.1) is 35.4 Å². The minimum Gasteiger partial charge on any atom is -0.473 e. The van der Waals surface area contributed by atoms with E-state index < -0.39 is 11.8 Å². The smallest absolute Gasteiger partial charge is 0.339 e. The van der Waals surface area contributed by atoms with Gasteiger partial charge < -0.3 is 18.3 Å². The Kier molecular flexibility index (Phi) is 7.98. The molecule has 1 aliphatic rings. The molecule has 0 bridgehead atoms. The van der Waals surface area contributed by atoms with Crippen molar-refractivity contribution >= 4 is 28.8 Å². The molecule has 5 aromatic rings. The van der Waals surface area contributed by atoms with Gasteiger partial charge in [-0.15, -0.1) is 0 Å². The molecule has 0 N–H and O–H groups in total. The zero-order chi connectivity index (χ0) is 29.1. The minimum atomic E-state index is -0.410. The maximum Gasteiger partial charge on any atom is 0.339 e. The molecular formula is C31H27ClFN5O4. The van der Waals surface area contributed by atoms with E-state index in [9.17, 15) is 9.18 Å². The molecule has 0 amide bonds. The van der Waals surface area contributed by atoms with Crippen LogP contribution in [0.1, 0.15) is 45.1 Å². The third kappa shape index (κ3) is 6.05. The van der Waals surface area contributed by atoms with Crippen LogP contribution in [-0.2, 0) is 24.3 Å². The van der Waals surface area contributed by atoms with Gasteiger partial charge in [-0.05, 0) is 42.3 Å². The van der Waals surface area contributed by atoms with E-state index in [0.29, 0.717) is 41.5 Å². The molecule has 11 heteroatoms. The number of esters is 1. The molecule has 5 heterocycles. The summed E-state index contributed by atoms with van der Waals surface area (Å²) in [6.07, 6.45) is 8.23. The number of ether oxygens (including phenoxy) is 2. The summed E-state index contributed by atoms with van der Waals surface area (Å²) in [6.45, 7) is 2.19. The van der Waals surface area contributed by atoms with Crippen LogP contribution in [0.4, 0.5) is 4.39 Å². The summed E-state index contributed by atoms with van der Waals surface area (Å²) in [5.74, 6) is -0.389. The number of halogens is 2. The van der Waals surface area contributed by atoms with Crippen molar-refractivity contribution < 1.29 is 23.1 Å². The van der Waals surface area contributed by atoms with Gasteiger partial charge in [-0.1, -0.05) is 29.8 Å². The number of oxazole rings is 1. The summed E-state index contributed by atoms with van der Waals surface area (Å²) < 4.78 is 31.9. The molecule has 214 valence electrons. The number of imidazole rings is 1. The van der Waals surface area contributed by atoms with Crippen molar-refractivity contribution in [3.63, 3.8) is 0 Å². The Morgan fingerprint density at radius 1 is 1.17 bits per heavy atom. The summed E-state index contributed by atoms with van der Waals surface area (Å²) in [6, 6.07) is 13.6. The van der Waals surface area contributed by atoms with E-state index in [2.05, 4.69) is 20.9 Å². The largest absolute Gasteiger partial charge is 0.473 e. The monoisotopic (exact) mass is 587 g/mol. The van der Waals surface area contributed by atoms with Crippen molar-refractivity contribution in [3.05, 3.63) is 118 Å². The third-order valence-corrected chi connectivity index (χ3v) is 7.40. The summed E-state index contributed by atoms with van der Waals surface area (Å²) in [4.78, 5) is 28.3. The number of fused-ring (bicyclic) bond motifs is 1. The van der Waals surface area contributed by atoms with Gasteiger partial charge in [-0.25, -0.2) is 24.1 Å². The van der Waals surface area contributed by atoms with Crippen LogP contribution in [0.3, 0.4) is 0 Å². The summed E-state index contributed by atoms with van der Waals surface area (Å²) in [5.41, 5.74) is 6.16.